The van der Waals surface area contributed by atoms with Crippen LogP contribution in [-0.4, -0.2) is 17.9 Å². The van der Waals surface area contributed by atoms with Gasteiger partial charge in [0.05, 0.1) is 6.10 Å². The molecule has 1 aromatic carbocycles. The first kappa shape index (κ1) is 11.0. The van der Waals surface area contributed by atoms with Crippen LogP contribution in [0.4, 0.5) is 0 Å². The number of halogens is 1. The van der Waals surface area contributed by atoms with E-state index in [1.54, 1.807) is 11.8 Å². The van der Waals surface area contributed by atoms with E-state index in [1.165, 1.54) is 0 Å². The molecule has 0 fully saturated rings. The van der Waals surface area contributed by atoms with Crippen LogP contribution in [0.5, 0.6) is 0 Å². The lowest BCUT2D eigenvalue weighted by Gasteiger charge is -2.09. The summed E-state index contributed by atoms with van der Waals surface area (Å²) in [5.41, 5.74) is 6.24. The number of aliphatic hydroxyl groups excluding tert-OH is 1. The van der Waals surface area contributed by atoms with Crippen molar-refractivity contribution in [2.45, 2.75) is 11.0 Å². The van der Waals surface area contributed by atoms with E-state index in [0.29, 0.717) is 0 Å². The summed E-state index contributed by atoms with van der Waals surface area (Å²) in [4.78, 5) is 1.12. The van der Waals surface area contributed by atoms with Crippen molar-refractivity contribution in [3.8, 4) is 0 Å². The van der Waals surface area contributed by atoms with Crippen molar-refractivity contribution >= 4 is 27.7 Å². The fourth-order valence-corrected chi connectivity index (χ4v) is 2.19. The lowest BCUT2D eigenvalue weighted by atomic mass is 10.1. The van der Waals surface area contributed by atoms with Gasteiger partial charge in [0, 0.05) is 15.9 Å². The van der Waals surface area contributed by atoms with Crippen molar-refractivity contribution in [2.24, 2.45) is 5.73 Å². The Bertz CT molecular complexity index is 293. The monoisotopic (exact) mass is 261 g/mol. The summed E-state index contributed by atoms with van der Waals surface area (Å²) >= 11 is 5.03. The third kappa shape index (κ3) is 2.98. The van der Waals surface area contributed by atoms with Gasteiger partial charge in [-0.15, -0.1) is 11.8 Å². The van der Waals surface area contributed by atoms with Crippen LogP contribution in [0.3, 0.4) is 0 Å². The summed E-state index contributed by atoms with van der Waals surface area (Å²) in [5.74, 6) is 0. The van der Waals surface area contributed by atoms with E-state index >= 15 is 0 Å². The highest BCUT2D eigenvalue weighted by molar-refractivity contribution is 9.10. The van der Waals surface area contributed by atoms with E-state index in [9.17, 15) is 5.11 Å². The fraction of sp³-hybridized carbons (Fsp3) is 0.333. The molecule has 13 heavy (non-hydrogen) atoms. The Morgan fingerprint density at radius 2 is 2.23 bits per heavy atom. The van der Waals surface area contributed by atoms with E-state index < -0.39 is 6.10 Å². The molecule has 4 heteroatoms. The molecule has 0 saturated heterocycles. The lowest BCUT2D eigenvalue weighted by molar-refractivity contribution is 0.186. The van der Waals surface area contributed by atoms with Crippen LogP contribution in [0.2, 0.25) is 0 Å². The molecule has 0 bridgehead atoms. The van der Waals surface area contributed by atoms with E-state index in [-0.39, 0.29) is 6.54 Å². The second-order valence-electron chi connectivity index (χ2n) is 2.68. The fourth-order valence-electron chi connectivity index (χ4n) is 1.03. The molecule has 1 unspecified atom stereocenters. The first-order valence-corrected chi connectivity index (χ1v) is 5.91. The number of aliphatic hydroxyl groups is 1. The number of nitrogens with two attached hydrogens (primary N) is 1. The molecule has 3 N–H and O–H groups in total. The standard InChI is InChI=1S/C9H12BrNOS/c1-13-8-3-6(9(12)5-11)2-7(10)4-8/h2-4,9,12H,5,11H2,1H3. The second kappa shape index (κ2) is 5.00. The van der Waals surface area contributed by atoms with E-state index in [2.05, 4.69) is 15.9 Å². The predicted molar refractivity (Wildman–Crippen MR) is 59.9 cm³/mol. The summed E-state index contributed by atoms with van der Waals surface area (Å²) in [6.45, 7) is 0.254. The average molecular weight is 262 g/mol. The molecular weight excluding hydrogens is 250 g/mol. The van der Waals surface area contributed by atoms with Gasteiger partial charge in [-0.2, -0.15) is 0 Å². The third-order valence-electron chi connectivity index (χ3n) is 1.74. The average Bonchev–Trinajstić information content (AvgIpc) is 2.15. The van der Waals surface area contributed by atoms with Gasteiger partial charge < -0.3 is 10.8 Å². The Kier molecular flexibility index (Phi) is 4.25. The molecule has 72 valence electrons. The molecule has 0 aliphatic rings. The van der Waals surface area contributed by atoms with Crippen molar-refractivity contribution in [1.29, 1.82) is 0 Å². The zero-order valence-electron chi connectivity index (χ0n) is 7.33. The molecule has 0 aliphatic heterocycles. The van der Waals surface area contributed by atoms with Crippen LogP contribution < -0.4 is 5.73 Å². The van der Waals surface area contributed by atoms with Gasteiger partial charge in [0.15, 0.2) is 0 Å². The summed E-state index contributed by atoms with van der Waals surface area (Å²) in [6, 6.07) is 5.85. The minimum Gasteiger partial charge on any atom is -0.387 e. The van der Waals surface area contributed by atoms with Crippen LogP contribution in [0, 0.1) is 0 Å². The van der Waals surface area contributed by atoms with Gasteiger partial charge in [-0.05, 0) is 30.0 Å². The third-order valence-corrected chi connectivity index (χ3v) is 2.90. The zero-order chi connectivity index (χ0) is 9.84. The second-order valence-corrected chi connectivity index (χ2v) is 4.47. The quantitative estimate of drug-likeness (QED) is 0.820. The van der Waals surface area contributed by atoms with Gasteiger partial charge in [-0.3, -0.25) is 0 Å². The van der Waals surface area contributed by atoms with Crippen LogP contribution >= 0.6 is 27.7 Å². The van der Waals surface area contributed by atoms with E-state index in [1.807, 2.05) is 24.5 Å². The van der Waals surface area contributed by atoms with Crippen LogP contribution in [0.25, 0.3) is 0 Å². The number of hydrogen-bond donors (Lipinski definition) is 2. The van der Waals surface area contributed by atoms with Crippen LogP contribution in [-0.2, 0) is 0 Å². The van der Waals surface area contributed by atoms with Crippen molar-refractivity contribution in [1.82, 2.24) is 0 Å². The first-order valence-electron chi connectivity index (χ1n) is 3.90. The maximum absolute atomic E-state index is 9.52. The minimum atomic E-state index is -0.566. The molecule has 1 aromatic rings. The van der Waals surface area contributed by atoms with Gasteiger partial charge in [0.25, 0.3) is 0 Å². The molecule has 0 aromatic heterocycles. The molecule has 0 amide bonds. The SMILES string of the molecule is CSc1cc(Br)cc(C(O)CN)c1. The Morgan fingerprint density at radius 1 is 1.54 bits per heavy atom. The summed E-state index contributed by atoms with van der Waals surface area (Å²) < 4.78 is 0.974. The van der Waals surface area contributed by atoms with Gasteiger partial charge in [-0.25, -0.2) is 0 Å². The van der Waals surface area contributed by atoms with Crippen molar-refractivity contribution in [3.63, 3.8) is 0 Å². The zero-order valence-corrected chi connectivity index (χ0v) is 9.73. The van der Waals surface area contributed by atoms with Gasteiger partial charge in [0.2, 0.25) is 0 Å². The molecule has 0 heterocycles. The normalized spacial score (nSPS) is 12.9. The molecule has 2 nitrogen and oxygen atoms in total. The van der Waals surface area contributed by atoms with Crippen LogP contribution in [0.15, 0.2) is 27.6 Å². The maximum Gasteiger partial charge on any atom is 0.0913 e. The Hall–Kier alpha value is -0.0300. The Morgan fingerprint density at radius 3 is 2.77 bits per heavy atom. The largest absolute Gasteiger partial charge is 0.387 e. The highest BCUT2D eigenvalue weighted by Crippen LogP contribution is 2.25. The molecule has 0 saturated carbocycles. The lowest BCUT2D eigenvalue weighted by Crippen LogP contribution is -2.11. The maximum atomic E-state index is 9.52. The number of rotatable bonds is 3. The van der Waals surface area contributed by atoms with Crippen molar-refractivity contribution in [2.75, 3.05) is 12.8 Å². The highest BCUT2D eigenvalue weighted by Gasteiger charge is 2.06. The van der Waals surface area contributed by atoms with E-state index in [4.69, 9.17) is 5.73 Å². The molecule has 0 spiro atoms. The highest BCUT2D eigenvalue weighted by atomic mass is 79.9. The number of benzene rings is 1. The molecule has 1 rings (SSSR count). The minimum absolute atomic E-state index is 0.254. The van der Waals surface area contributed by atoms with Crippen molar-refractivity contribution < 1.29 is 5.11 Å². The van der Waals surface area contributed by atoms with Gasteiger partial charge >= 0.3 is 0 Å². The summed E-state index contributed by atoms with van der Waals surface area (Å²) in [7, 11) is 0. The van der Waals surface area contributed by atoms with Gasteiger partial charge in [-0.1, -0.05) is 15.9 Å². The Labute approximate surface area is 90.7 Å². The van der Waals surface area contributed by atoms with Crippen LogP contribution in [0.1, 0.15) is 11.7 Å². The Balaban J connectivity index is 3.01. The van der Waals surface area contributed by atoms with Crippen molar-refractivity contribution in [3.05, 3.63) is 28.2 Å². The molecular formula is C9H12BrNOS. The molecule has 0 radical (unpaired) electrons. The van der Waals surface area contributed by atoms with E-state index in [0.717, 1.165) is 14.9 Å². The summed E-state index contributed by atoms with van der Waals surface area (Å²) in [6.07, 6.45) is 1.43. The topological polar surface area (TPSA) is 46.2 Å². The summed E-state index contributed by atoms with van der Waals surface area (Å²) in [5, 5.41) is 9.52. The number of hydrogen-bond acceptors (Lipinski definition) is 3. The molecule has 0 aliphatic carbocycles. The first-order chi connectivity index (χ1) is 6.17. The predicted octanol–water partition coefficient (Wildman–Crippen LogP) is 2.16. The number of thioether (sulfide) groups is 1. The molecule has 1 atom stereocenters. The van der Waals surface area contributed by atoms with Gasteiger partial charge in [0.1, 0.15) is 0 Å². The smallest absolute Gasteiger partial charge is 0.0913 e.